The summed E-state index contributed by atoms with van der Waals surface area (Å²) in [6, 6.07) is 10.6. The van der Waals surface area contributed by atoms with Gasteiger partial charge in [0.05, 0.1) is 17.5 Å². The van der Waals surface area contributed by atoms with Crippen LogP contribution in [-0.4, -0.2) is 56.4 Å². The summed E-state index contributed by atoms with van der Waals surface area (Å²) < 4.78 is 1.98. The number of nitrogens with zero attached hydrogens (tertiary/aromatic N) is 5. The second-order valence-corrected chi connectivity index (χ2v) is 7.83. The minimum Gasteiger partial charge on any atom is -0.341 e. The zero-order valence-corrected chi connectivity index (χ0v) is 16.6. The molecule has 0 N–H and O–H groups in total. The van der Waals surface area contributed by atoms with E-state index in [9.17, 15) is 4.79 Å². The fourth-order valence-electron chi connectivity index (χ4n) is 4.10. The molecule has 0 radical (unpaired) electrons. The van der Waals surface area contributed by atoms with Gasteiger partial charge < -0.3 is 9.47 Å². The maximum Gasteiger partial charge on any atom is 0.219 e. The fraction of sp³-hybridized carbons (Fsp3) is 0.409. The summed E-state index contributed by atoms with van der Waals surface area (Å²) >= 11 is 0. The average Bonchev–Trinajstić information content (AvgIpc) is 2.97. The van der Waals surface area contributed by atoms with Crippen molar-refractivity contribution in [3.8, 4) is 0 Å². The van der Waals surface area contributed by atoms with Crippen LogP contribution in [0.2, 0.25) is 0 Å². The van der Waals surface area contributed by atoms with Gasteiger partial charge in [0.15, 0.2) is 0 Å². The first-order valence-corrected chi connectivity index (χ1v) is 9.85. The number of carbonyl (C=O) groups excluding carboxylic acids is 1. The number of benzene rings is 1. The third kappa shape index (κ3) is 4.39. The lowest BCUT2D eigenvalue weighted by atomic mass is 9.97. The van der Waals surface area contributed by atoms with E-state index in [-0.39, 0.29) is 5.91 Å². The molecule has 1 saturated heterocycles. The number of carbonyl (C=O) groups is 1. The molecule has 6 heteroatoms. The molecule has 0 bridgehead atoms. The highest BCUT2D eigenvalue weighted by Gasteiger charge is 2.25. The smallest absolute Gasteiger partial charge is 0.219 e. The summed E-state index contributed by atoms with van der Waals surface area (Å²) in [5, 5.41) is 1.17. The van der Waals surface area contributed by atoms with Crippen molar-refractivity contribution in [3.63, 3.8) is 0 Å². The van der Waals surface area contributed by atoms with Gasteiger partial charge in [-0.3, -0.25) is 14.7 Å². The Labute approximate surface area is 165 Å². The lowest BCUT2D eigenvalue weighted by Gasteiger charge is -2.24. The van der Waals surface area contributed by atoms with E-state index in [1.165, 1.54) is 10.9 Å². The maximum atomic E-state index is 12.1. The van der Waals surface area contributed by atoms with Crippen molar-refractivity contribution in [2.45, 2.75) is 19.9 Å². The van der Waals surface area contributed by atoms with Gasteiger partial charge in [0, 0.05) is 64.5 Å². The molecule has 1 aromatic carbocycles. The van der Waals surface area contributed by atoms with Gasteiger partial charge >= 0.3 is 0 Å². The Morgan fingerprint density at radius 2 is 2.07 bits per heavy atom. The van der Waals surface area contributed by atoms with Gasteiger partial charge in [0.1, 0.15) is 0 Å². The Bertz CT molecular complexity index is 966. The number of fused-ring (bicyclic) bond motifs is 1. The van der Waals surface area contributed by atoms with Crippen LogP contribution in [0.1, 0.15) is 18.2 Å². The van der Waals surface area contributed by atoms with Crippen LogP contribution in [0, 0.1) is 5.92 Å². The first-order valence-electron chi connectivity index (χ1n) is 9.85. The first-order chi connectivity index (χ1) is 13.6. The van der Waals surface area contributed by atoms with Crippen LogP contribution in [0.5, 0.6) is 0 Å². The Morgan fingerprint density at radius 3 is 2.86 bits per heavy atom. The summed E-state index contributed by atoms with van der Waals surface area (Å²) in [6.45, 7) is 5.93. The summed E-state index contributed by atoms with van der Waals surface area (Å²) in [5.41, 5.74) is 3.40. The van der Waals surface area contributed by atoms with Crippen molar-refractivity contribution in [2.24, 2.45) is 13.0 Å². The number of rotatable bonds is 4. The topological polar surface area (TPSA) is 54.3 Å². The minimum absolute atomic E-state index is 0.160. The fourth-order valence-corrected chi connectivity index (χ4v) is 4.10. The van der Waals surface area contributed by atoms with E-state index in [1.807, 2.05) is 35.1 Å². The number of pyridine rings is 1. The summed E-state index contributed by atoms with van der Waals surface area (Å²) in [7, 11) is 1.99. The molecule has 28 heavy (non-hydrogen) atoms. The zero-order valence-electron chi connectivity index (χ0n) is 16.6. The Morgan fingerprint density at radius 1 is 1.18 bits per heavy atom. The lowest BCUT2D eigenvalue weighted by Crippen LogP contribution is -2.34. The van der Waals surface area contributed by atoms with Gasteiger partial charge in [-0.2, -0.15) is 0 Å². The van der Waals surface area contributed by atoms with Gasteiger partial charge in [-0.05, 0) is 36.1 Å². The number of hydrogen-bond acceptors (Lipinski definition) is 4. The molecule has 1 aliphatic rings. The van der Waals surface area contributed by atoms with Gasteiger partial charge in [0.2, 0.25) is 5.91 Å². The van der Waals surface area contributed by atoms with E-state index in [2.05, 4.69) is 45.3 Å². The van der Waals surface area contributed by atoms with Crippen molar-refractivity contribution in [1.29, 1.82) is 0 Å². The molecule has 1 amide bonds. The van der Waals surface area contributed by atoms with Crippen LogP contribution in [0.15, 0.2) is 49.1 Å². The number of aryl methyl sites for hydroxylation is 1. The predicted octanol–water partition coefficient (Wildman–Crippen LogP) is 2.49. The van der Waals surface area contributed by atoms with Crippen LogP contribution < -0.4 is 0 Å². The largest absolute Gasteiger partial charge is 0.341 e. The molecule has 3 heterocycles. The van der Waals surface area contributed by atoms with Crippen LogP contribution in [-0.2, 0) is 24.8 Å². The SMILES string of the molecule is CC(=O)N1CCN(Cc2cn(C)cn2)CC(Cc2ccc3ncccc3c2)C1. The van der Waals surface area contributed by atoms with Crippen molar-refractivity contribution < 1.29 is 4.79 Å². The molecular formula is C22H27N5O. The molecule has 2 aromatic heterocycles. The Hall–Kier alpha value is -2.73. The molecule has 1 aliphatic heterocycles. The summed E-state index contributed by atoms with van der Waals surface area (Å²) in [5.74, 6) is 0.552. The van der Waals surface area contributed by atoms with Crippen LogP contribution >= 0.6 is 0 Å². The number of imidazole rings is 1. The minimum atomic E-state index is 0.160. The van der Waals surface area contributed by atoms with Gasteiger partial charge in [0.25, 0.3) is 0 Å². The van der Waals surface area contributed by atoms with Gasteiger partial charge in [-0.25, -0.2) is 4.98 Å². The molecule has 0 spiro atoms. The van der Waals surface area contributed by atoms with E-state index in [1.54, 1.807) is 6.92 Å². The Kier molecular flexibility index (Phi) is 5.39. The highest BCUT2D eigenvalue weighted by atomic mass is 16.2. The molecule has 6 nitrogen and oxygen atoms in total. The third-order valence-corrected chi connectivity index (χ3v) is 5.46. The van der Waals surface area contributed by atoms with Crippen LogP contribution in [0.25, 0.3) is 10.9 Å². The number of amides is 1. The zero-order chi connectivity index (χ0) is 19.5. The molecular weight excluding hydrogens is 350 g/mol. The standard InChI is InChI=1S/C22H27N5O/c1-17(28)27-9-8-26(15-21-14-25(2)16-24-21)12-19(13-27)10-18-5-6-22-20(11-18)4-3-7-23-22/h3-7,11,14,16,19H,8-10,12-13,15H2,1-2H3. The van der Waals surface area contributed by atoms with E-state index >= 15 is 0 Å². The number of aromatic nitrogens is 3. The quantitative estimate of drug-likeness (QED) is 0.701. The van der Waals surface area contributed by atoms with E-state index < -0.39 is 0 Å². The molecule has 146 valence electrons. The maximum absolute atomic E-state index is 12.1. The summed E-state index contributed by atoms with van der Waals surface area (Å²) in [6.07, 6.45) is 6.69. The lowest BCUT2D eigenvalue weighted by molar-refractivity contribution is -0.129. The second-order valence-electron chi connectivity index (χ2n) is 7.83. The molecule has 0 saturated carbocycles. The van der Waals surface area contributed by atoms with E-state index in [0.29, 0.717) is 5.92 Å². The normalized spacial score (nSPS) is 18.4. The summed E-state index contributed by atoms with van der Waals surface area (Å²) in [4.78, 5) is 25.4. The highest BCUT2D eigenvalue weighted by Crippen LogP contribution is 2.20. The van der Waals surface area contributed by atoms with Crippen molar-refractivity contribution in [3.05, 3.63) is 60.3 Å². The second kappa shape index (κ2) is 8.10. The van der Waals surface area contributed by atoms with Crippen molar-refractivity contribution >= 4 is 16.8 Å². The molecule has 3 aromatic rings. The third-order valence-electron chi connectivity index (χ3n) is 5.46. The first kappa shape index (κ1) is 18.6. The van der Waals surface area contributed by atoms with Crippen LogP contribution in [0.4, 0.5) is 0 Å². The number of hydrogen-bond donors (Lipinski definition) is 0. The van der Waals surface area contributed by atoms with Crippen molar-refractivity contribution in [2.75, 3.05) is 26.2 Å². The highest BCUT2D eigenvalue weighted by molar-refractivity contribution is 5.78. The molecule has 1 fully saturated rings. The van der Waals surface area contributed by atoms with Crippen LogP contribution in [0.3, 0.4) is 0 Å². The predicted molar refractivity (Wildman–Crippen MR) is 110 cm³/mol. The molecule has 0 aliphatic carbocycles. The molecule has 4 rings (SSSR count). The molecule has 1 atom stereocenters. The monoisotopic (exact) mass is 377 g/mol. The van der Waals surface area contributed by atoms with Gasteiger partial charge in [-0.1, -0.05) is 12.1 Å². The van der Waals surface area contributed by atoms with Gasteiger partial charge in [-0.15, -0.1) is 0 Å². The van der Waals surface area contributed by atoms with E-state index in [4.69, 9.17) is 0 Å². The molecule has 1 unspecified atom stereocenters. The van der Waals surface area contributed by atoms with E-state index in [0.717, 1.165) is 50.4 Å². The van der Waals surface area contributed by atoms with Crippen molar-refractivity contribution in [1.82, 2.24) is 24.3 Å². The Balaban J connectivity index is 1.51. The average molecular weight is 377 g/mol.